The molecule has 1 saturated carbocycles. The molecule has 18 heavy (non-hydrogen) atoms. The predicted octanol–water partition coefficient (Wildman–Crippen LogP) is 1.65. The fourth-order valence-corrected chi connectivity index (χ4v) is 3.01. The maximum absolute atomic E-state index is 12.3. The molecule has 1 amide bonds. The van der Waals surface area contributed by atoms with Gasteiger partial charge in [-0.05, 0) is 32.6 Å². The Hall–Kier alpha value is -0.870. The van der Waals surface area contributed by atoms with Crippen LogP contribution in [0.1, 0.15) is 32.6 Å². The molecule has 2 fully saturated rings. The molecule has 4 heteroatoms. The topological polar surface area (TPSA) is 47.6 Å². The molecule has 1 heterocycles. The van der Waals surface area contributed by atoms with E-state index in [-0.39, 0.29) is 30.1 Å². The Morgan fingerprint density at radius 1 is 1.39 bits per heavy atom. The van der Waals surface area contributed by atoms with Crippen LogP contribution in [-0.2, 0) is 14.3 Å². The third-order valence-electron chi connectivity index (χ3n) is 4.00. The quantitative estimate of drug-likeness (QED) is 0.775. The van der Waals surface area contributed by atoms with Gasteiger partial charge in [0.15, 0.2) is 0 Å². The summed E-state index contributed by atoms with van der Waals surface area (Å²) in [7, 11) is 1.71. The van der Waals surface area contributed by atoms with E-state index in [4.69, 9.17) is 9.47 Å². The molecule has 4 nitrogen and oxygen atoms in total. The van der Waals surface area contributed by atoms with Gasteiger partial charge in [-0.1, -0.05) is 12.2 Å². The van der Waals surface area contributed by atoms with Crippen molar-refractivity contribution in [1.82, 2.24) is 5.32 Å². The Morgan fingerprint density at radius 2 is 2.17 bits per heavy atom. The maximum atomic E-state index is 12.3. The van der Waals surface area contributed by atoms with Crippen molar-refractivity contribution < 1.29 is 14.3 Å². The summed E-state index contributed by atoms with van der Waals surface area (Å²) in [6.45, 7) is 6.47. The number of hydrogen-bond donors (Lipinski definition) is 1. The molecule has 4 atom stereocenters. The summed E-state index contributed by atoms with van der Waals surface area (Å²) in [4.78, 5) is 12.3. The van der Waals surface area contributed by atoms with E-state index >= 15 is 0 Å². The largest absolute Gasteiger partial charge is 0.379 e. The molecule has 102 valence electrons. The lowest BCUT2D eigenvalue weighted by Gasteiger charge is -2.24. The lowest BCUT2D eigenvalue weighted by Crippen LogP contribution is -2.45. The summed E-state index contributed by atoms with van der Waals surface area (Å²) < 4.78 is 11.0. The zero-order valence-corrected chi connectivity index (χ0v) is 11.3. The maximum Gasteiger partial charge on any atom is 0.226 e. The van der Waals surface area contributed by atoms with Crippen LogP contribution in [0.4, 0.5) is 0 Å². The zero-order chi connectivity index (χ0) is 13.1. The van der Waals surface area contributed by atoms with Crippen molar-refractivity contribution in [2.24, 2.45) is 5.92 Å². The Balaban J connectivity index is 1.93. The van der Waals surface area contributed by atoms with Crippen LogP contribution in [0.5, 0.6) is 0 Å². The molecule has 2 aliphatic rings. The Morgan fingerprint density at radius 3 is 2.83 bits per heavy atom. The first kappa shape index (κ1) is 13.6. The van der Waals surface area contributed by atoms with E-state index < -0.39 is 0 Å². The van der Waals surface area contributed by atoms with Gasteiger partial charge in [0.2, 0.25) is 5.91 Å². The molecule has 0 spiro atoms. The molecule has 1 N–H and O–H groups in total. The molecule has 1 aliphatic heterocycles. The fourth-order valence-electron chi connectivity index (χ4n) is 3.01. The van der Waals surface area contributed by atoms with Gasteiger partial charge in [-0.3, -0.25) is 4.79 Å². The van der Waals surface area contributed by atoms with E-state index in [0.717, 1.165) is 31.3 Å². The van der Waals surface area contributed by atoms with Crippen LogP contribution in [0.2, 0.25) is 0 Å². The summed E-state index contributed by atoms with van der Waals surface area (Å²) >= 11 is 0. The molecule has 1 aliphatic carbocycles. The number of carbonyl (C=O) groups is 1. The molecule has 0 aromatic rings. The summed E-state index contributed by atoms with van der Waals surface area (Å²) in [6.07, 6.45) is 4.00. The number of methoxy groups -OCH3 is 1. The normalized spacial score (nSPS) is 35.7. The first-order valence-electron chi connectivity index (χ1n) is 6.73. The summed E-state index contributed by atoms with van der Waals surface area (Å²) in [6, 6.07) is 0.161. The van der Waals surface area contributed by atoms with E-state index in [0.29, 0.717) is 6.61 Å². The van der Waals surface area contributed by atoms with E-state index in [1.807, 2.05) is 6.92 Å². The minimum Gasteiger partial charge on any atom is -0.379 e. The highest BCUT2D eigenvalue weighted by Crippen LogP contribution is 2.27. The average Bonchev–Trinajstić information content (AvgIpc) is 2.96. The summed E-state index contributed by atoms with van der Waals surface area (Å²) in [5, 5.41) is 3.12. The van der Waals surface area contributed by atoms with Crippen LogP contribution in [-0.4, -0.2) is 37.9 Å². The van der Waals surface area contributed by atoms with Gasteiger partial charge in [0.25, 0.3) is 0 Å². The van der Waals surface area contributed by atoms with Gasteiger partial charge in [-0.15, -0.1) is 0 Å². The van der Waals surface area contributed by atoms with Crippen LogP contribution in [0.3, 0.4) is 0 Å². The lowest BCUT2D eigenvalue weighted by atomic mass is 9.95. The molecule has 2 rings (SSSR count). The highest BCUT2D eigenvalue weighted by molar-refractivity contribution is 5.80. The van der Waals surface area contributed by atoms with Gasteiger partial charge in [0.1, 0.15) is 0 Å². The molecule has 0 aromatic heterocycles. The monoisotopic (exact) mass is 253 g/mol. The minimum absolute atomic E-state index is 0.0828. The zero-order valence-electron chi connectivity index (χ0n) is 11.3. The van der Waals surface area contributed by atoms with Crippen molar-refractivity contribution >= 4 is 5.91 Å². The number of amides is 1. The Bertz CT molecular complexity index is 329. The molecule has 1 saturated heterocycles. The smallest absolute Gasteiger partial charge is 0.226 e. The minimum atomic E-state index is -0.118. The van der Waals surface area contributed by atoms with Crippen LogP contribution < -0.4 is 5.32 Å². The number of rotatable bonds is 4. The van der Waals surface area contributed by atoms with Gasteiger partial charge < -0.3 is 14.8 Å². The number of ether oxygens (including phenoxy) is 2. The first-order chi connectivity index (χ1) is 8.63. The molecular weight excluding hydrogens is 230 g/mol. The Kier molecular flexibility index (Phi) is 4.40. The van der Waals surface area contributed by atoms with E-state index in [1.54, 1.807) is 7.11 Å². The van der Waals surface area contributed by atoms with E-state index in [1.165, 1.54) is 0 Å². The second kappa shape index (κ2) is 5.85. The van der Waals surface area contributed by atoms with Crippen LogP contribution in [0.25, 0.3) is 0 Å². The predicted molar refractivity (Wildman–Crippen MR) is 69.2 cm³/mol. The number of hydrogen-bond acceptors (Lipinski definition) is 3. The third-order valence-corrected chi connectivity index (χ3v) is 4.00. The van der Waals surface area contributed by atoms with Crippen molar-refractivity contribution in [3.8, 4) is 0 Å². The van der Waals surface area contributed by atoms with Gasteiger partial charge in [0, 0.05) is 13.7 Å². The lowest BCUT2D eigenvalue weighted by molar-refractivity contribution is -0.127. The van der Waals surface area contributed by atoms with Crippen molar-refractivity contribution in [2.45, 2.75) is 50.9 Å². The Labute approximate surface area is 109 Å². The number of carbonyl (C=O) groups excluding carboxylic acids is 1. The highest BCUT2D eigenvalue weighted by atomic mass is 16.5. The van der Waals surface area contributed by atoms with Crippen LogP contribution in [0, 0.1) is 5.92 Å². The molecule has 0 aromatic carbocycles. The number of nitrogens with one attached hydrogen (secondary N) is 1. The first-order valence-corrected chi connectivity index (χ1v) is 6.73. The van der Waals surface area contributed by atoms with E-state index in [9.17, 15) is 4.79 Å². The van der Waals surface area contributed by atoms with Crippen molar-refractivity contribution in [3.63, 3.8) is 0 Å². The fraction of sp³-hybridized carbons (Fsp3) is 0.786. The average molecular weight is 253 g/mol. The second-order valence-corrected chi connectivity index (χ2v) is 5.35. The summed E-state index contributed by atoms with van der Waals surface area (Å²) in [5.74, 6) is 0.00931. The van der Waals surface area contributed by atoms with Crippen molar-refractivity contribution in [1.29, 1.82) is 0 Å². The molecule has 0 radical (unpaired) electrons. The van der Waals surface area contributed by atoms with Gasteiger partial charge in [-0.25, -0.2) is 0 Å². The van der Waals surface area contributed by atoms with Crippen molar-refractivity contribution in [2.75, 3.05) is 13.7 Å². The molecule has 0 bridgehead atoms. The van der Waals surface area contributed by atoms with Gasteiger partial charge >= 0.3 is 0 Å². The summed E-state index contributed by atoms with van der Waals surface area (Å²) in [5.41, 5.74) is 0.933. The van der Waals surface area contributed by atoms with Crippen LogP contribution in [0.15, 0.2) is 12.2 Å². The van der Waals surface area contributed by atoms with Gasteiger partial charge in [-0.2, -0.15) is 0 Å². The second-order valence-electron chi connectivity index (χ2n) is 5.35. The highest BCUT2D eigenvalue weighted by Gasteiger charge is 2.37. The SMILES string of the molecule is C=C(C)[C@H]1OCC[C@H]1C(=O)N[C@H]1CCC[C@@H]1OC. The van der Waals surface area contributed by atoms with Gasteiger partial charge in [0.05, 0.1) is 24.2 Å². The third kappa shape index (κ3) is 2.75. The molecule has 0 unspecified atom stereocenters. The van der Waals surface area contributed by atoms with E-state index in [2.05, 4.69) is 11.9 Å². The molecular formula is C14H23NO3. The van der Waals surface area contributed by atoms with Crippen LogP contribution >= 0.6 is 0 Å². The van der Waals surface area contributed by atoms with Crippen molar-refractivity contribution in [3.05, 3.63) is 12.2 Å². The standard InChI is InChI=1S/C14H23NO3/c1-9(2)13-10(7-8-18-13)14(16)15-11-5-4-6-12(11)17-3/h10-13H,1,4-8H2,2-3H3,(H,15,16)/t10-,11+,12+,13-/m1/s1.